The fourth-order valence-corrected chi connectivity index (χ4v) is 5.47. The second-order valence-corrected chi connectivity index (χ2v) is 9.87. The van der Waals surface area contributed by atoms with Crippen LogP contribution in [0.15, 0.2) is 49.1 Å². The minimum Gasteiger partial charge on any atom is -0.298 e. The van der Waals surface area contributed by atoms with Crippen LogP contribution in [-0.2, 0) is 0 Å². The third-order valence-corrected chi connectivity index (χ3v) is 7.25. The highest BCUT2D eigenvalue weighted by Crippen LogP contribution is 2.34. The Hall–Kier alpha value is -4.51. The average molecular weight is 497 g/mol. The predicted octanol–water partition coefficient (Wildman–Crippen LogP) is 5.61. The molecule has 2 aliphatic heterocycles. The topological polar surface area (TPSA) is 118 Å². The van der Waals surface area contributed by atoms with Gasteiger partial charge in [-0.3, -0.25) is 34.5 Å². The first-order valence-electron chi connectivity index (χ1n) is 11.3. The summed E-state index contributed by atoms with van der Waals surface area (Å²) in [6, 6.07) is 7.30. The van der Waals surface area contributed by atoms with Crippen molar-refractivity contribution < 1.29 is 9.18 Å². The van der Waals surface area contributed by atoms with Crippen molar-refractivity contribution in [3.8, 4) is 11.3 Å². The van der Waals surface area contributed by atoms with Gasteiger partial charge in [-0.2, -0.15) is 0 Å². The van der Waals surface area contributed by atoms with Crippen molar-refractivity contribution >= 4 is 70.9 Å². The van der Waals surface area contributed by atoms with Gasteiger partial charge < -0.3 is 0 Å². The van der Waals surface area contributed by atoms with E-state index in [1.807, 2.05) is 26.0 Å². The fraction of sp³-hybridized carbons (Fsp3) is 0.120. The number of halogens is 1. The van der Waals surface area contributed by atoms with Gasteiger partial charge in [0, 0.05) is 23.7 Å². The van der Waals surface area contributed by atoms with Crippen LogP contribution < -0.4 is 0 Å². The van der Waals surface area contributed by atoms with Crippen molar-refractivity contribution in [1.82, 2.24) is 39.7 Å². The van der Waals surface area contributed by atoms with E-state index in [1.165, 1.54) is 17.5 Å². The predicted molar refractivity (Wildman–Crippen MR) is 137 cm³/mol. The summed E-state index contributed by atoms with van der Waals surface area (Å²) >= 11 is 1.42. The molecule has 0 fully saturated rings. The lowest BCUT2D eigenvalue weighted by molar-refractivity contribution is 0.0865. The lowest BCUT2D eigenvalue weighted by Crippen LogP contribution is -2.17. The Balaban J connectivity index is 1.77. The fourth-order valence-electron chi connectivity index (χ4n) is 4.44. The molecule has 7 heterocycles. The molecule has 0 radical (unpaired) electrons. The number of fused-ring (bicyclic) bond motifs is 9. The SMILES string of the molecule is CC(C)C(=O)n1c2cncc(c2)c2ncc3[nH][nH]c(c4nc5ccnc(c6ccc1s6)c5n4)-c3c2F. The van der Waals surface area contributed by atoms with Crippen molar-refractivity contribution in [3.05, 3.63) is 54.9 Å². The van der Waals surface area contributed by atoms with Crippen LogP contribution in [0.4, 0.5) is 4.39 Å². The zero-order valence-electron chi connectivity index (χ0n) is 19.1. The Labute approximate surface area is 205 Å². The van der Waals surface area contributed by atoms with Crippen LogP contribution in [-0.4, -0.2) is 45.6 Å². The van der Waals surface area contributed by atoms with E-state index in [0.717, 1.165) is 4.70 Å². The quantitative estimate of drug-likeness (QED) is 0.305. The standard InChI is InChI=1S/C25H17FN8OS/c1-11(2)25(35)34-13-7-12(8-27-9-13)20-19(26)18-15(10-29-20)32-33-23(18)24-30-14-5-6-28-22(21(14)31-24)16-3-4-17(34)36-16/h3-11,32-33H,1-2H3. The van der Waals surface area contributed by atoms with E-state index < -0.39 is 5.82 Å². The number of hydrogen-bond acceptors (Lipinski definition) is 7. The van der Waals surface area contributed by atoms with E-state index in [1.54, 1.807) is 35.3 Å². The summed E-state index contributed by atoms with van der Waals surface area (Å²) in [5.41, 5.74) is 4.04. The molecule has 0 unspecified atom stereocenters. The van der Waals surface area contributed by atoms with Crippen LogP contribution in [0.1, 0.15) is 18.6 Å². The molecule has 0 aliphatic carbocycles. The molecule has 0 spiro atoms. The van der Waals surface area contributed by atoms with Crippen LogP contribution >= 0.6 is 11.3 Å². The number of aromatic amines is 2. The van der Waals surface area contributed by atoms with E-state index in [9.17, 15) is 4.79 Å². The van der Waals surface area contributed by atoms with Crippen LogP contribution in [0.2, 0.25) is 0 Å². The van der Waals surface area contributed by atoms with Gasteiger partial charge in [-0.1, -0.05) is 13.8 Å². The molecule has 2 aliphatic rings. The molecule has 0 aromatic carbocycles. The molecule has 0 saturated carbocycles. The second-order valence-electron chi connectivity index (χ2n) is 8.81. The number of thiophene rings is 1. The number of hydrogen-bond donors (Lipinski definition) is 2. The molecule has 9 nitrogen and oxygen atoms in total. The molecule has 11 heteroatoms. The van der Waals surface area contributed by atoms with Gasteiger partial charge in [-0.15, -0.1) is 11.3 Å². The largest absolute Gasteiger partial charge is 0.298 e. The number of H-pyrrole nitrogens is 2. The summed E-state index contributed by atoms with van der Waals surface area (Å²) in [5, 5.41) is 6.41. The van der Waals surface area contributed by atoms with Crippen molar-refractivity contribution in [1.29, 1.82) is 0 Å². The van der Waals surface area contributed by atoms with Crippen LogP contribution in [0, 0.1) is 11.7 Å². The average Bonchev–Trinajstić information content (AvgIpc) is 3.62. The molecule has 5 aromatic rings. The first-order valence-corrected chi connectivity index (χ1v) is 12.1. The number of rotatable bonds is 1. The third kappa shape index (κ3) is 2.92. The Morgan fingerprint density at radius 1 is 1.03 bits per heavy atom. The van der Waals surface area contributed by atoms with Crippen LogP contribution in [0.5, 0.6) is 0 Å². The lowest BCUT2D eigenvalue weighted by Gasteiger charge is -2.10. The van der Waals surface area contributed by atoms with Gasteiger partial charge in [0.2, 0.25) is 5.91 Å². The van der Waals surface area contributed by atoms with Gasteiger partial charge in [0.25, 0.3) is 0 Å². The van der Waals surface area contributed by atoms with E-state index in [0.29, 0.717) is 49.1 Å². The maximum Gasteiger partial charge on any atom is 0.234 e. The molecule has 36 heavy (non-hydrogen) atoms. The number of carbonyl (C=O) groups excluding carboxylic acids is 1. The highest BCUT2D eigenvalue weighted by Gasteiger charge is 2.21. The van der Waals surface area contributed by atoms with E-state index in [4.69, 9.17) is 4.98 Å². The molecule has 0 amide bonds. The monoisotopic (exact) mass is 496 g/mol. The van der Waals surface area contributed by atoms with Crippen molar-refractivity contribution in [2.45, 2.75) is 13.8 Å². The lowest BCUT2D eigenvalue weighted by atomic mass is 10.1. The normalized spacial score (nSPS) is 12.1. The maximum atomic E-state index is 16.0. The summed E-state index contributed by atoms with van der Waals surface area (Å²) in [4.78, 5) is 36.8. The number of aromatic nitrogens is 8. The van der Waals surface area contributed by atoms with Gasteiger partial charge in [0.05, 0.1) is 39.2 Å². The summed E-state index contributed by atoms with van der Waals surface area (Å²) < 4.78 is 18.5. The molecular formula is C25H17FN8OS. The summed E-state index contributed by atoms with van der Waals surface area (Å²) in [6.45, 7) is 3.68. The van der Waals surface area contributed by atoms with Gasteiger partial charge >= 0.3 is 0 Å². The Kier molecular flexibility index (Phi) is 4.33. The summed E-state index contributed by atoms with van der Waals surface area (Å²) in [5.74, 6) is -0.935. The number of pyridine rings is 3. The van der Waals surface area contributed by atoms with Gasteiger partial charge in [0.1, 0.15) is 27.1 Å². The van der Waals surface area contributed by atoms with Crippen LogP contribution in [0.3, 0.4) is 0 Å². The molecule has 176 valence electrons. The number of nitrogens with zero attached hydrogens (tertiary/aromatic N) is 6. The van der Waals surface area contributed by atoms with Gasteiger partial charge in [0.15, 0.2) is 11.5 Å². The summed E-state index contributed by atoms with van der Waals surface area (Å²) in [7, 11) is 0. The maximum absolute atomic E-state index is 16.0. The zero-order valence-corrected chi connectivity index (χ0v) is 19.9. The molecule has 7 rings (SSSR count). The van der Waals surface area contributed by atoms with E-state index in [2.05, 4.69) is 30.1 Å². The highest BCUT2D eigenvalue weighted by molar-refractivity contribution is 7.24. The number of carbonyl (C=O) groups is 1. The second kappa shape index (κ2) is 7.49. The zero-order chi connectivity index (χ0) is 24.6. The Morgan fingerprint density at radius 3 is 2.78 bits per heavy atom. The minimum atomic E-state index is -0.541. The van der Waals surface area contributed by atoms with Gasteiger partial charge in [-0.25, -0.2) is 14.4 Å². The molecule has 0 saturated heterocycles. The third-order valence-electron chi connectivity index (χ3n) is 6.18. The molecule has 0 atom stereocenters. The number of nitrogens with one attached hydrogen (secondary N) is 2. The Morgan fingerprint density at radius 2 is 1.92 bits per heavy atom. The first kappa shape index (κ1) is 20.8. The molecular weight excluding hydrogens is 479 g/mol. The highest BCUT2D eigenvalue weighted by atomic mass is 32.1. The van der Waals surface area contributed by atoms with Gasteiger partial charge in [-0.05, 0) is 24.3 Å². The van der Waals surface area contributed by atoms with Crippen LogP contribution in [0.25, 0.3) is 64.9 Å². The number of imidazole rings is 1. The first-order chi connectivity index (χ1) is 17.5. The minimum absolute atomic E-state index is 0.111. The molecule has 5 aromatic heterocycles. The van der Waals surface area contributed by atoms with Crippen molar-refractivity contribution in [2.75, 3.05) is 0 Å². The molecule has 2 N–H and O–H groups in total. The van der Waals surface area contributed by atoms with E-state index >= 15 is 4.39 Å². The van der Waals surface area contributed by atoms with Crippen molar-refractivity contribution in [2.24, 2.45) is 5.92 Å². The molecule has 8 bridgehead atoms. The van der Waals surface area contributed by atoms with Crippen molar-refractivity contribution in [3.63, 3.8) is 0 Å². The van der Waals surface area contributed by atoms with E-state index in [-0.39, 0.29) is 22.9 Å². The smallest absolute Gasteiger partial charge is 0.234 e. The summed E-state index contributed by atoms with van der Waals surface area (Å²) in [6.07, 6.45) is 6.36. The Bertz CT molecular complexity index is 2030.